The molecule has 1 fully saturated rings. The molecule has 21 heavy (non-hydrogen) atoms. The Morgan fingerprint density at radius 1 is 1.24 bits per heavy atom. The number of fused-ring (bicyclic) bond motifs is 1. The van der Waals surface area contributed by atoms with Crippen LogP contribution in [0.1, 0.15) is 36.3 Å². The molecule has 1 amide bonds. The fourth-order valence-electron chi connectivity index (χ4n) is 2.81. The number of nitrogens with one attached hydrogen (secondary N) is 2. The minimum absolute atomic E-state index is 0.118. The van der Waals surface area contributed by atoms with Crippen molar-refractivity contribution in [2.75, 3.05) is 26.2 Å². The number of para-hydroxylation sites is 2. The average Bonchev–Trinajstić information content (AvgIpc) is 3.15. The molecule has 5 heteroatoms. The standard InChI is InChI=1S/C16H22N4O/c21-16(15-18-13-7-1-2-8-14(13)19-15)17-9-3-4-10-20-11-5-6-12-20/h1-2,7-8H,3-6,9-12H2,(H,17,21)(H,18,19). The number of nitrogens with zero attached hydrogens (tertiary/aromatic N) is 2. The van der Waals surface area contributed by atoms with E-state index in [9.17, 15) is 4.79 Å². The summed E-state index contributed by atoms with van der Waals surface area (Å²) in [5.41, 5.74) is 1.73. The number of H-pyrrole nitrogens is 1. The van der Waals surface area contributed by atoms with Crippen molar-refractivity contribution in [2.45, 2.75) is 25.7 Å². The third-order valence-electron chi connectivity index (χ3n) is 3.99. The summed E-state index contributed by atoms with van der Waals surface area (Å²) in [6.45, 7) is 4.35. The number of unbranched alkanes of at least 4 members (excludes halogenated alkanes) is 1. The largest absolute Gasteiger partial charge is 0.349 e. The lowest BCUT2D eigenvalue weighted by Crippen LogP contribution is -2.27. The molecule has 1 aromatic carbocycles. The van der Waals surface area contributed by atoms with Crippen molar-refractivity contribution in [2.24, 2.45) is 0 Å². The molecule has 0 bridgehead atoms. The summed E-state index contributed by atoms with van der Waals surface area (Å²) in [6.07, 6.45) is 4.83. The lowest BCUT2D eigenvalue weighted by molar-refractivity contribution is 0.0943. The zero-order chi connectivity index (χ0) is 14.5. The molecule has 0 spiro atoms. The van der Waals surface area contributed by atoms with Gasteiger partial charge in [0.2, 0.25) is 0 Å². The molecule has 2 heterocycles. The van der Waals surface area contributed by atoms with Gasteiger partial charge in [-0.3, -0.25) is 4.79 Å². The third kappa shape index (κ3) is 3.61. The van der Waals surface area contributed by atoms with E-state index in [0.717, 1.165) is 30.4 Å². The Morgan fingerprint density at radius 2 is 2.05 bits per heavy atom. The maximum atomic E-state index is 12.0. The number of carbonyl (C=O) groups is 1. The third-order valence-corrected chi connectivity index (χ3v) is 3.99. The van der Waals surface area contributed by atoms with Crippen molar-refractivity contribution in [1.29, 1.82) is 0 Å². The van der Waals surface area contributed by atoms with E-state index in [1.165, 1.54) is 25.9 Å². The van der Waals surface area contributed by atoms with Gasteiger partial charge >= 0.3 is 0 Å². The Bertz CT molecular complexity index is 568. The predicted molar refractivity (Wildman–Crippen MR) is 83.3 cm³/mol. The maximum absolute atomic E-state index is 12.0. The SMILES string of the molecule is O=C(NCCCCN1CCCC1)c1nc2ccccc2[nH]1. The first kappa shape index (κ1) is 14.1. The molecule has 112 valence electrons. The second-order valence-electron chi connectivity index (χ2n) is 5.61. The van der Waals surface area contributed by atoms with E-state index in [1.807, 2.05) is 24.3 Å². The maximum Gasteiger partial charge on any atom is 0.287 e. The molecule has 1 aromatic heterocycles. The van der Waals surface area contributed by atoms with Gasteiger partial charge in [-0.25, -0.2) is 4.98 Å². The summed E-state index contributed by atoms with van der Waals surface area (Å²) in [5.74, 6) is 0.281. The van der Waals surface area contributed by atoms with E-state index in [4.69, 9.17) is 0 Å². The summed E-state index contributed by atoms with van der Waals surface area (Å²) < 4.78 is 0. The second kappa shape index (κ2) is 6.72. The Labute approximate surface area is 124 Å². The molecule has 1 aliphatic rings. The van der Waals surface area contributed by atoms with Gasteiger partial charge in [0.1, 0.15) is 0 Å². The Hall–Kier alpha value is -1.88. The Kier molecular flexibility index (Phi) is 4.50. The quantitative estimate of drug-likeness (QED) is 0.800. The van der Waals surface area contributed by atoms with Crippen molar-refractivity contribution in [3.63, 3.8) is 0 Å². The van der Waals surface area contributed by atoms with Gasteiger partial charge in [-0.05, 0) is 57.5 Å². The molecular formula is C16H22N4O. The molecule has 1 saturated heterocycles. The fraction of sp³-hybridized carbons (Fsp3) is 0.500. The zero-order valence-electron chi connectivity index (χ0n) is 12.3. The van der Waals surface area contributed by atoms with Gasteiger partial charge < -0.3 is 15.2 Å². The highest BCUT2D eigenvalue weighted by Crippen LogP contribution is 2.10. The number of benzene rings is 1. The van der Waals surface area contributed by atoms with E-state index < -0.39 is 0 Å². The number of imidazole rings is 1. The molecule has 3 rings (SSSR count). The summed E-state index contributed by atoms with van der Waals surface area (Å²) in [6, 6.07) is 7.68. The number of rotatable bonds is 6. The highest BCUT2D eigenvalue weighted by Gasteiger charge is 2.12. The van der Waals surface area contributed by atoms with Crippen LogP contribution in [0.5, 0.6) is 0 Å². The van der Waals surface area contributed by atoms with Crippen molar-refractivity contribution in [1.82, 2.24) is 20.2 Å². The van der Waals surface area contributed by atoms with Crippen molar-refractivity contribution in [3.05, 3.63) is 30.1 Å². The van der Waals surface area contributed by atoms with E-state index in [0.29, 0.717) is 12.4 Å². The van der Waals surface area contributed by atoms with Crippen LogP contribution < -0.4 is 5.32 Å². The summed E-state index contributed by atoms with van der Waals surface area (Å²) >= 11 is 0. The minimum atomic E-state index is -0.118. The van der Waals surface area contributed by atoms with Crippen LogP contribution >= 0.6 is 0 Å². The Morgan fingerprint density at radius 3 is 2.86 bits per heavy atom. The number of hydrogen-bond donors (Lipinski definition) is 2. The predicted octanol–water partition coefficient (Wildman–Crippen LogP) is 2.17. The number of amides is 1. The van der Waals surface area contributed by atoms with Gasteiger partial charge in [0.15, 0.2) is 5.82 Å². The van der Waals surface area contributed by atoms with Gasteiger partial charge in [-0.1, -0.05) is 12.1 Å². The molecule has 2 N–H and O–H groups in total. The van der Waals surface area contributed by atoms with E-state index in [2.05, 4.69) is 20.2 Å². The van der Waals surface area contributed by atoms with Crippen molar-refractivity contribution in [3.8, 4) is 0 Å². The average molecular weight is 286 g/mol. The molecule has 1 aliphatic heterocycles. The molecule has 0 saturated carbocycles. The number of aromatic nitrogens is 2. The monoisotopic (exact) mass is 286 g/mol. The van der Waals surface area contributed by atoms with Gasteiger partial charge in [-0.15, -0.1) is 0 Å². The smallest absolute Gasteiger partial charge is 0.287 e. The summed E-state index contributed by atoms with van der Waals surface area (Å²) in [4.78, 5) is 21.9. The Balaban J connectivity index is 1.41. The van der Waals surface area contributed by atoms with Gasteiger partial charge in [0.05, 0.1) is 11.0 Å². The van der Waals surface area contributed by atoms with Crippen LogP contribution in [0.2, 0.25) is 0 Å². The summed E-state index contributed by atoms with van der Waals surface area (Å²) in [5, 5.41) is 2.93. The molecule has 2 aromatic rings. The molecule has 0 aliphatic carbocycles. The van der Waals surface area contributed by atoms with Crippen LogP contribution in [-0.2, 0) is 0 Å². The highest BCUT2D eigenvalue weighted by molar-refractivity contribution is 5.94. The van der Waals surface area contributed by atoms with Crippen LogP contribution in [0.4, 0.5) is 0 Å². The van der Waals surface area contributed by atoms with E-state index in [1.54, 1.807) is 0 Å². The van der Waals surface area contributed by atoms with E-state index in [-0.39, 0.29) is 5.91 Å². The molecule has 0 atom stereocenters. The van der Waals surface area contributed by atoms with E-state index >= 15 is 0 Å². The molecule has 0 radical (unpaired) electrons. The van der Waals surface area contributed by atoms with Crippen molar-refractivity contribution < 1.29 is 4.79 Å². The first-order valence-corrected chi connectivity index (χ1v) is 7.78. The van der Waals surface area contributed by atoms with Crippen LogP contribution in [0, 0.1) is 0 Å². The number of carbonyl (C=O) groups excluding carboxylic acids is 1. The number of aromatic amines is 1. The lowest BCUT2D eigenvalue weighted by atomic mass is 10.3. The fourth-order valence-corrected chi connectivity index (χ4v) is 2.81. The summed E-state index contributed by atoms with van der Waals surface area (Å²) in [7, 11) is 0. The first-order chi connectivity index (χ1) is 10.3. The molecule has 5 nitrogen and oxygen atoms in total. The molecule has 0 unspecified atom stereocenters. The zero-order valence-corrected chi connectivity index (χ0v) is 12.3. The van der Waals surface area contributed by atoms with Crippen LogP contribution in [0.15, 0.2) is 24.3 Å². The van der Waals surface area contributed by atoms with Crippen LogP contribution in [0.3, 0.4) is 0 Å². The van der Waals surface area contributed by atoms with Crippen LogP contribution in [0.25, 0.3) is 11.0 Å². The number of likely N-dealkylation sites (tertiary alicyclic amines) is 1. The van der Waals surface area contributed by atoms with Gasteiger partial charge in [0.25, 0.3) is 5.91 Å². The lowest BCUT2D eigenvalue weighted by Gasteiger charge is -2.13. The highest BCUT2D eigenvalue weighted by atomic mass is 16.2. The van der Waals surface area contributed by atoms with Gasteiger partial charge in [0, 0.05) is 6.54 Å². The second-order valence-corrected chi connectivity index (χ2v) is 5.61. The minimum Gasteiger partial charge on any atom is -0.349 e. The molecular weight excluding hydrogens is 264 g/mol. The first-order valence-electron chi connectivity index (χ1n) is 7.78. The van der Waals surface area contributed by atoms with Crippen molar-refractivity contribution >= 4 is 16.9 Å². The number of hydrogen-bond acceptors (Lipinski definition) is 3. The van der Waals surface area contributed by atoms with Crippen LogP contribution in [-0.4, -0.2) is 47.0 Å². The topological polar surface area (TPSA) is 61.0 Å². The normalized spacial score (nSPS) is 15.6. The van der Waals surface area contributed by atoms with Gasteiger partial charge in [-0.2, -0.15) is 0 Å².